The minimum absolute atomic E-state index is 0.0664. The molecule has 0 saturated carbocycles. The number of nitrogens with zero attached hydrogens (tertiary/aromatic N) is 2. The molecule has 4 rings (SSSR count). The average Bonchev–Trinajstić information content (AvgIpc) is 3.42. The first-order valence-electron chi connectivity index (χ1n) is 10.4. The number of carbonyl (C=O) groups is 2. The highest BCUT2D eigenvalue weighted by atomic mass is 32.2. The molecule has 0 aliphatic carbocycles. The van der Waals surface area contributed by atoms with Crippen molar-refractivity contribution in [3.63, 3.8) is 0 Å². The molecule has 0 unspecified atom stereocenters. The predicted octanol–water partition coefficient (Wildman–Crippen LogP) is 4.75. The maximum absolute atomic E-state index is 12.4. The van der Waals surface area contributed by atoms with Crippen LogP contribution in [-0.4, -0.2) is 45.9 Å². The first-order valence-corrected chi connectivity index (χ1v) is 12.2. The molecule has 3 N–H and O–H groups in total. The van der Waals surface area contributed by atoms with E-state index >= 15 is 0 Å². The van der Waals surface area contributed by atoms with Crippen LogP contribution in [0, 0.1) is 0 Å². The van der Waals surface area contributed by atoms with Crippen LogP contribution in [0.25, 0.3) is 21.3 Å². The Morgan fingerprint density at radius 2 is 2.06 bits per heavy atom. The third-order valence-electron chi connectivity index (χ3n) is 4.61. The Kier molecular flexibility index (Phi) is 7.59. The molecule has 2 amide bonds. The summed E-state index contributed by atoms with van der Waals surface area (Å²) in [5, 5.41) is 5.63. The molecule has 0 spiro atoms. The number of fused-ring (bicyclic) bond motifs is 2. The molecule has 10 heteroatoms. The van der Waals surface area contributed by atoms with Gasteiger partial charge in [-0.3, -0.25) is 4.79 Å². The van der Waals surface area contributed by atoms with E-state index in [1.807, 2.05) is 42.5 Å². The van der Waals surface area contributed by atoms with Gasteiger partial charge in [-0.15, -0.1) is 11.3 Å². The highest BCUT2D eigenvalue weighted by Crippen LogP contribution is 2.31. The molecule has 0 aliphatic rings. The van der Waals surface area contributed by atoms with E-state index in [9.17, 15) is 9.59 Å². The minimum Gasteiger partial charge on any atom is -0.445 e. The zero-order valence-corrected chi connectivity index (χ0v) is 19.4. The highest BCUT2D eigenvalue weighted by molar-refractivity contribution is 8.01. The lowest BCUT2D eigenvalue weighted by molar-refractivity contribution is -0.116. The molecule has 0 saturated heterocycles. The molecular formula is C23H23N5O3S2. The van der Waals surface area contributed by atoms with Gasteiger partial charge in [0.2, 0.25) is 5.91 Å². The average molecular weight is 482 g/mol. The summed E-state index contributed by atoms with van der Waals surface area (Å²) in [7, 11) is 0. The second-order valence-corrected chi connectivity index (χ2v) is 9.45. The number of carbonyl (C=O) groups excluding carboxylic acids is 2. The van der Waals surface area contributed by atoms with Gasteiger partial charge in [0.15, 0.2) is 4.34 Å². The highest BCUT2D eigenvalue weighted by Gasteiger charge is 2.10. The Morgan fingerprint density at radius 3 is 2.91 bits per heavy atom. The van der Waals surface area contributed by atoms with Crippen molar-refractivity contribution in [3.05, 3.63) is 60.9 Å². The molecule has 0 aliphatic heterocycles. The molecule has 2 aromatic heterocycles. The number of imidazole rings is 1. The number of hydrogen-bond acceptors (Lipinski definition) is 7. The number of alkyl carbamates (subject to hydrolysis) is 1. The number of thioether (sulfide) groups is 1. The Labute approximate surface area is 198 Å². The Balaban J connectivity index is 1.26. The van der Waals surface area contributed by atoms with Crippen LogP contribution in [0.5, 0.6) is 0 Å². The Bertz CT molecular complexity index is 1250. The molecule has 0 radical (unpaired) electrons. The van der Waals surface area contributed by atoms with Crippen LogP contribution >= 0.6 is 23.1 Å². The van der Waals surface area contributed by atoms with Gasteiger partial charge in [0.05, 0.1) is 21.3 Å². The van der Waals surface area contributed by atoms with Crippen molar-refractivity contribution in [2.24, 2.45) is 0 Å². The molecule has 4 aromatic rings. The summed E-state index contributed by atoms with van der Waals surface area (Å²) in [5.41, 5.74) is 3.49. The van der Waals surface area contributed by atoms with Crippen molar-refractivity contribution < 1.29 is 14.3 Å². The number of hydrogen-bond donors (Lipinski definition) is 3. The van der Waals surface area contributed by atoms with Crippen LogP contribution in [0.3, 0.4) is 0 Å². The topological polar surface area (TPSA) is 109 Å². The quantitative estimate of drug-likeness (QED) is 0.171. The Hall–Kier alpha value is -3.37. The lowest BCUT2D eigenvalue weighted by Crippen LogP contribution is -2.26. The third kappa shape index (κ3) is 6.33. The van der Waals surface area contributed by atoms with E-state index < -0.39 is 6.09 Å². The maximum atomic E-state index is 12.4. The van der Waals surface area contributed by atoms with E-state index in [0.29, 0.717) is 25.1 Å². The van der Waals surface area contributed by atoms with Gasteiger partial charge in [-0.25, -0.2) is 14.8 Å². The first-order chi connectivity index (χ1) is 16.1. The van der Waals surface area contributed by atoms with Crippen molar-refractivity contribution in [2.75, 3.05) is 24.2 Å². The number of ether oxygens (including phenoxy) is 1. The number of aryl methyl sites for hydroxylation is 1. The van der Waals surface area contributed by atoms with Gasteiger partial charge in [-0.2, -0.15) is 0 Å². The standard InChI is InChI=1S/C23H23N5O3S2/c1-2-12-31-22(30)24-11-13-32-23-28-18-8-7-15(14-19(18)33-23)25-21(29)10-9-20-26-16-5-3-4-6-17(16)27-20/h2-8,14H,1,9-13H2,(H,24,30)(H,25,29)(H,26,27). The maximum Gasteiger partial charge on any atom is 0.407 e. The second kappa shape index (κ2) is 11.0. The number of benzene rings is 2. The van der Waals surface area contributed by atoms with Crippen LogP contribution in [0.4, 0.5) is 10.5 Å². The van der Waals surface area contributed by atoms with E-state index in [1.54, 1.807) is 23.1 Å². The molecule has 2 aromatic carbocycles. The van der Waals surface area contributed by atoms with Gasteiger partial charge in [0.1, 0.15) is 12.4 Å². The molecule has 0 atom stereocenters. The summed E-state index contributed by atoms with van der Waals surface area (Å²) in [6.07, 6.45) is 1.94. The molecule has 0 bridgehead atoms. The monoisotopic (exact) mass is 481 g/mol. The number of para-hydroxylation sites is 2. The van der Waals surface area contributed by atoms with Gasteiger partial charge < -0.3 is 20.4 Å². The summed E-state index contributed by atoms with van der Waals surface area (Å²) in [5.74, 6) is 1.41. The van der Waals surface area contributed by atoms with E-state index in [1.165, 1.54) is 6.08 Å². The molecule has 2 heterocycles. The van der Waals surface area contributed by atoms with Crippen molar-refractivity contribution >= 4 is 62.0 Å². The molecule has 33 heavy (non-hydrogen) atoms. The summed E-state index contributed by atoms with van der Waals surface area (Å²) in [4.78, 5) is 36.2. The van der Waals surface area contributed by atoms with Gasteiger partial charge in [-0.05, 0) is 30.3 Å². The first kappa shape index (κ1) is 22.8. The number of rotatable bonds is 10. The molecular weight excluding hydrogens is 458 g/mol. The molecule has 0 fully saturated rings. The lowest BCUT2D eigenvalue weighted by atomic mass is 10.2. The number of aromatic nitrogens is 3. The SMILES string of the molecule is C=CCOC(=O)NCCSc1nc2ccc(NC(=O)CCc3nc4ccccc4[nH]3)cc2s1. The van der Waals surface area contributed by atoms with E-state index in [-0.39, 0.29) is 12.5 Å². The zero-order chi connectivity index (χ0) is 23.0. The normalized spacial score (nSPS) is 10.9. The number of H-pyrrole nitrogens is 1. The largest absolute Gasteiger partial charge is 0.445 e. The van der Waals surface area contributed by atoms with E-state index in [4.69, 9.17) is 4.74 Å². The fourth-order valence-electron chi connectivity index (χ4n) is 3.10. The summed E-state index contributed by atoms with van der Waals surface area (Å²) >= 11 is 3.11. The van der Waals surface area contributed by atoms with Gasteiger partial charge >= 0.3 is 6.09 Å². The van der Waals surface area contributed by atoms with Crippen LogP contribution in [0.2, 0.25) is 0 Å². The number of anilines is 1. The smallest absolute Gasteiger partial charge is 0.407 e. The summed E-state index contributed by atoms with van der Waals surface area (Å²) in [6, 6.07) is 13.5. The zero-order valence-electron chi connectivity index (χ0n) is 17.8. The molecule has 170 valence electrons. The Morgan fingerprint density at radius 1 is 1.18 bits per heavy atom. The fourth-order valence-corrected chi connectivity index (χ4v) is 5.13. The summed E-state index contributed by atoms with van der Waals surface area (Å²) in [6.45, 7) is 4.16. The van der Waals surface area contributed by atoms with Crippen LogP contribution in [0.15, 0.2) is 59.5 Å². The van der Waals surface area contributed by atoms with E-state index in [0.717, 1.165) is 37.1 Å². The van der Waals surface area contributed by atoms with Gasteiger partial charge in [-0.1, -0.05) is 36.5 Å². The minimum atomic E-state index is -0.458. The number of amides is 2. The van der Waals surface area contributed by atoms with Crippen molar-refractivity contribution in [2.45, 2.75) is 17.2 Å². The van der Waals surface area contributed by atoms with Crippen molar-refractivity contribution in [3.8, 4) is 0 Å². The second-order valence-electron chi connectivity index (χ2n) is 7.07. The van der Waals surface area contributed by atoms with Gasteiger partial charge in [0.25, 0.3) is 0 Å². The number of aromatic amines is 1. The van der Waals surface area contributed by atoms with Crippen molar-refractivity contribution in [1.29, 1.82) is 0 Å². The van der Waals surface area contributed by atoms with Crippen LogP contribution < -0.4 is 10.6 Å². The molecule has 8 nitrogen and oxygen atoms in total. The van der Waals surface area contributed by atoms with Crippen LogP contribution in [-0.2, 0) is 16.0 Å². The summed E-state index contributed by atoms with van der Waals surface area (Å²) < 4.78 is 6.76. The third-order valence-corrected chi connectivity index (χ3v) is 6.77. The number of nitrogens with one attached hydrogen (secondary N) is 3. The van der Waals surface area contributed by atoms with E-state index in [2.05, 4.69) is 32.2 Å². The van der Waals surface area contributed by atoms with Gasteiger partial charge in [0, 0.05) is 30.8 Å². The van der Waals surface area contributed by atoms with Crippen LogP contribution in [0.1, 0.15) is 12.2 Å². The fraction of sp³-hybridized carbons (Fsp3) is 0.217. The predicted molar refractivity (Wildman–Crippen MR) is 133 cm³/mol. The lowest BCUT2D eigenvalue weighted by Gasteiger charge is -2.04. The number of thiazole rings is 1. The van der Waals surface area contributed by atoms with Crippen molar-refractivity contribution in [1.82, 2.24) is 20.3 Å².